The molecular weight excluding hydrogens is 309 g/mol. The summed E-state index contributed by atoms with van der Waals surface area (Å²) in [6, 6.07) is 6.48. The van der Waals surface area contributed by atoms with Crippen LogP contribution in [0, 0.1) is 12.7 Å². The molecule has 2 aromatic rings. The van der Waals surface area contributed by atoms with Crippen LogP contribution >= 0.6 is 0 Å². The number of nitrogens with zero attached hydrogens (tertiary/aromatic N) is 3. The van der Waals surface area contributed by atoms with E-state index >= 15 is 0 Å². The fourth-order valence-corrected chi connectivity index (χ4v) is 2.97. The maximum absolute atomic E-state index is 13.7. The van der Waals surface area contributed by atoms with Crippen molar-refractivity contribution in [3.05, 3.63) is 53.4 Å². The summed E-state index contributed by atoms with van der Waals surface area (Å²) < 4.78 is 18.6. The number of carbonyl (C=O) groups excluding carboxylic acids is 1. The van der Waals surface area contributed by atoms with Gasteiger partial charge in [0.15, 0.2) is 11.6 Å². The molecule has 126 valence electrons. The topological polar surface area (TPSA) is 55.3 Å². The Labute approximate surface area is 140 Å². The smallest absolute Gasteiger partial charge is 0.227 e. The summed E-state index contributed by atoms with van der Waals surface area (Å²) in [5.41, 5.74) is 1.58. The molecule has 2 heterocycles. The number of likely N-dealkylation sites (tertiary alicyclic amines) is 1. The zero-order valence-electron chi connectivity index (χ0n) is 13.8. The lowest BCUT2D eigenvalue weighted by Crippen LogP contribution is -2.30. The van der Waals surface area contributed by atoms with Crippen LogP contribution in [0.4, 0.5) is 4.39 Å². The number of hydrogen-bond acceptors (Lipinski definition) is 4. The molecule has 0 bridgehead atoms. The minimum Gasteiger partial charge on any atom is -0.494 e. The molecule has 1 amide bonds. The van der Waals surface area contributed by atoms with Crippen LogP contribution in [0.15, 0.2) is 30.5 Å². The molecule has 6 heteroatoms. The largest absolute Gasteiger partial charge is 0.494 e. The molecule has 5 nitrogen and oxygen atoms in total. The molecular formula is C18H20FN3O2. The minimum atomic E-state index is -0.449. The van der Waals surface area contributed by atoms with Crippen LogP contribution in [0.2, 0.25) is 0 Å². The van der Waals surface area contributed by atoms with Crippen molar-refractivity contribution in [2.75, 3.05) is 20.2 Å². The SMILES string of the molecule is COc1ccc(CC(=O)N2CC[C@@H](c3nccc(C)n3)C2)cc1F. The third kappa shape index (κ3) is 3.53. The highest BCUT2D eigenvalue weighted by Crippen LogP contribution is 2.25. The number of benzene rings is 1. The van der Waals surface area contributed by atoms with Crippen LogP contribution in [0.3, 0.4) is 0 Å². The van der Waals surface area contributed by atoms with E-state index in [4.69, 9.17) is 4.74 Å². The highest BCUT2D eigenvalue weighted by Gasteiger charge is 2.29. The van der Waals surface area contributed by atoms with Crippen LogP contribution in [0.25, 0.3) is 0 Å². The lowest BCUT2D eigenvalue weighted by molar-refractivity contribution is -0.129. The molecule has 24 heavy (non-hydrogen) atoms. The van der Waals surface area contributed by atoms with E-state index in [2.05, 4.69) is 9.97 Å². The summed E-state index contributed by atoms with van der Waals surface area (Å²) in [6.07, 6.45) is 2.79. The Morgan fingerprint density at radius 2 is 2.25 bits per heavy atom. The Kier molecular flexibility index (Phi) is 4.74. The van der Waals surface area contributed by atoms with Gasteiger partial charge in [-0.05, 0) is 37.1 Å². The standard InChI is InChI=1S/C18H20FN3O2/c1-12-5-7-20-18(21-12)14-6-8-22(11-14)17(23)10-13-3-4-16(24-2)15(19)9-13/h3-5,7,9,14H,6,8,10-11H2,1-2H3/t14-/m1/s1. The second-order valence-corrected chi connectivity index (χ2v) is 6.03. The molecule has 0 N–H and O–H groups in total. The quantitative estimate of drug-likeness (QED) is 0.865. The van der Waals surface area contributed by atoms with Crippen molar-refractivity contribution in [1.82, 2.24) is 14.9 Å². The van der Waals surface area contributed by atoms with Gasteiger partial charge in [-0.2, -0.15) is 0 Å². The number of aryl methyl sites for hydroxylation is 1. The molecule has 1 aromatic heterocycles. The minimum absolute atomic E-state index is 0.00489. The number of carbonyl (C=O) groups is 1. The predicted molar refractivity (Wildman–Crippen MR) is 87.4 cm³/mol. The fourth-order valence-electron chi connectivity index (χ4n) is 2.97. The summed E-state index contributed by atoms with van der Waals surface area (Å²) in [7, 11) is 1.42. The first-order valence-corrected chi connectivity index (χ1v) is 7.96. The Bertz CT molecular complexity index is 751. The van der Waals surface area contributed by atoms with E-state index in [0.717, 1.165) is 17.9 Å². The molecule has 1 atom stereocenters. The zero-order chi connectivity index (χ0) is 17.1. The van der Waals surface area contributed by atoms with E-state index in [1.807, 2.05) is 13.0 Å². The van der Waals surface area contributed by atoms with Crippen LogP contribution in [-0.4, -0.2) is 41.0 Å². The molecule has 3 rings (SSSR count). The van der Waals surface area contributed by atoms with E-state index in [0.29, 0.717) is 18.7 Å². The van der Waals surface area contributed by atoms with Gasteiger partial charge in [0, 0.05) is 30.9 Å². The lowest BCUT2D eigenvalue weighted by atomic mass is 10.1. The monoisotopic (exact) mass is 329 g/mol. The number of amides is 1. The highest BCUT2D eigenvalue weighted by atomic mass is 19.1. The summed E-state index contributed by atoms with van der Waals surface area (Å²) in [5, 5.41) is 0. The van der Waals surface area contributed by atoms with Crippen LogP contribution in [0.5, 0.6) is 5.75 Å². The highest BCUT2D eigenvalue weighted by molar-refractivity contribution is 5.79. The molecule has 1 saturated heterocycles. The molecule has 0 unspecified atom stereocenters. The third-order valence-electron chi connectivity index (χ3n) is 4.29. The molecule has 1 aliphatic rings. The van der Waals surface area contributed by atoms with Gasteiger partial charge in [0.25, 0.3) is 0 Å². The normalized spacial score (nSPS) is 17.1. The number of aromatic nitrogens is 2. The Hall–Kier alpha value is -2.50. The molecule has 0 radical (unpaired) electrons. The molecule has 0 spiro atoms. The summed E-state index contributed by atoms with van der Waals surface area (Å²) in [5.74, 6) is 0.691. The number of halogens is 1. The number of methoxy groups -OCH3 is 1. The van der Waals surface area contributed by atoms with E-state index in [9.17, 15) is 9.18 Å². The van der Waals surface area contributed by atoms with Crippen molar-refractivity contribution in [2.24, 2.45) is 0 Å². The van der Waals surface area contributed by atoms with E-state index < -0.39 is 5.82 Å². The van der Waals surface area contributed by atoms with Crippen molar-refractivity contribution >= 4 is 5.91 Å². The van der Waals surface area contributed by atoms with Crippen molar-refractivity contribution in [3.63, 3.8) is 0 Å². The number of ether oxygens (including phenoxy) is 1. The van der Waals surface area contributed by atoms with Gasteiger partial charge in [-0.15, -0.1) is 0 Å². The maximum atomic E-state index is 13.7. The first-order valence-electron chi connectivity index (χ1n) is 7.96. The van der Waals surface area contributed by atoms with Gasteiger partial charge >= 0.3 is 0 Å². The summed E-state index contributed by atoms with van der Waals surface area (Å²) in [4.78, 5) is 23.0. The summed E-state index contributed by atoms with van der Waals surface area (Å²) in [6.45, 7) is 3.22. The molecule has 0 saturated carbocycles. The third-order valence-corrected chi connectivity index (χ3v) is 4.29. The van der Waals surface area contributed by atoms with Gasteiger partial charge in [0.05, 0.1) is 13.5 Å². The Morgan fingerprint density at radius 3 is 2.96 bits per heavy atom. The molecule has 1 fully saturated rings. The van der Waals surface area contributed by atoms with E-state index in [1.165, 1.54) is 13.2 Å². The lowest BCUT2D eigenvalue weighted by Gasteiger charge is -2.16. The molecule has 1 aliphatic heterocycles. The van der Waals surface area contributed by atoms with Crippen molar-refractivity contribution in [1.29, 1.82) is 0 Å². The van der Waals surface area contributed by atoms with Crippen LogP contribution in [-0.2, 0) is 11.2 Å². The van der Waals surface area contributed by atoms with Gasteiger partial charge in [-0.1, -0.05) is 6.07 Å². The van der Waals surface area contributed by atoms with Crippen molar-refractivity contribution in [2.45, 2.75) is 25.7 Å². The van der Waals surface area contributed by atoms with Crippen LogP contribution in [0.1, 0.15) is 29.4 Å². The maximum Gasteiger partial charge on any atom is 0.227 e. The van der Waals surface area contributed by atoms with Crippen molar-refractivity contribution in [3.8, 4) is 5.75 Å². The zero-order valence-corrected chi connectivity index (χ0v) is 13.8. The van der Waals surface area contributed by atoms with Gasteiger partial charge in [-0.25, -0.2) is 14.4 Å². The Balaban J connectivity index is 1.63. The second kappa shape index (κ2) is 6.95. The number of rotatable bonds is 4. The van der Waals surface area contributed by atoms with Crippen LogP contribution < -0.4 is 4.74 Å². The van der Waals surface area contributed by atoms with Gasteiger partial charge < -0.3 is 9.64 Å². The average Bonchev–Trinajstić information content (AvgIpc) is 3.05. The predicted octanol–water partition coefficient (Wildman–Crippen LogP) is 2.49. The molecule has 0 aliphatic carbocycles. The van der Waals surface area contributed by atoms with E-state index in [1.54, 1.807) is 23.2 Å². The van der Waals surface area contributed by atoms with Gasteiger partial charge in [-0.3, -0.25) is 4.79 Å². The second-order valence-electron chi connectivity index (χ2n) is 6.03. The van der Waals surface area contributed by atoms with Gasteiger partial charge in [0.1, 0.15) is 5.82 Å². The first kappa shape index (κ1) is 16.4. The Morgan fingerprint density at radius 1 is 1.42 bits per heavy atom. The fraction of sp³-hybridized carbons (Fsp3) is 0.389. The summed E-state index contributed by atoms with van der Waals surface area (Å²) >= 11 is 0. The first-order chi connectivity index (χ1) is 11.6. The average molecular weight is 329 g/mol. The van der Waals surface area contributed by atoms with Gasteiger partial charge in [0.2, 0.25) is 5.91 Å². The molecule has 1 aromatic carbocycles. The number of hydrogen-bond donors (Lipinski definition) is 0. The van der Waals surface area contributed by atoms with Crippen molar-refractivity contribution < 1.29 is 13.9 Å². The van der Waals surface area contributed by atoms with E-state index in [-0.39, 0.29) is 24.0 Å².